The minimum absolute atomic E-state index is 0.0406. The SMILES string of the molecule is NC(=O)c1cc(C(F)(F)F)ccc1OCc1cnccn1. The van der Waals surface area contributed by atoms with E-state index in [0.29, 0.717) is 11.8 Å². The van der Waals surface area contributed by atoms with E-state index in [9.17, 15) is 18.0 Å². The van der Waals surface area contributed by atoms with E-state index in [1.807, 2.05) is 0 Å². The molecular formula is C13H10F3N3O2. The summed E-state index contributed by atoms with van der Waals surface area (Å²) in [5.41, 5.74) is 4.24. The summed E-state index contributed by atoms with van der Waals surface area (Å²) in [6.07, 6.45) is -0.210. The summed E-state index contributed by atoms with van der Waals surface area (Å²) in [5.74, 6) is -1.05. The molecule has 0 atom stereocenters. The molecule has 21 heavy (non-hydrogen) atoms. The van der Waals surface area contributed by atoms with Gasteiger partial charge in [-0.2, -0.15) is 13.2 Å². The van der Waals surface area contributed by atoms with Gasteiger partial charge in [0.05, 0.1) is 23.0 Å². The zero-order chi connectivity index (χ0) is 15.5. The lowest BCUT2D eigenvalue weighted by Gasteiger charge is -2.12. The normalized spacial score (nSPS) is 11.2. The third-order valence-electron chi connectivity index (χ3n) is 2.56. The molecule has 2 rings (SSSR count). The van der Waals surface area contributed by atoms with Gasteiger partial charge in [0.15, 0.2) is 0 Å². The van der Waals surface area contributed by atoms with Crippen molar-refractivity contribution in [2.75, 3.05) is 0 Å². The number of aromatic nitrogens is 2. The molecule has 0 unspecified atom stereocenters. The van der Waals surface area contributed by atoms with Crippen molar-refractivity contribution < 1.29 is 22.7 Å². The van der Waals surface area contributed by atoms with Gasteiger partial charge in [-0.15, -0.1) is 0 Å². The fourth-order valence-corrected chi connectivity index (χ4v) is 1.58. The van der Waals surface area contributed by atoms with Crippen molar-refractivity contribution in [1.29, 1.82) is 0 Å². The molecule has 1 heterocycles. The van der Waals surface area contributed by atoms with E-state index in [0.717, 1.165) is 12.1 Å². The summed E-state index contributed by atoms with van der Waals surface area (Å²) in [4.78, 5) is 19.0. The van der Waals surface area contributed by atoms with Crippen LogP contribution >= 0.6 is 0 Å². The third kappa shape index (κ3) is 3.68. The monoisotopic (exact) mass is 297 g/mol. The Morgan fingerprint density at radius 2 is 2.05 bits per heavy atom. The van der Waals surface area contributed by atoms with Crippen molar-refractivity contribution in [1.82, 2.24) is 9.97 Å². The van der Waals surface area contributed by atoms with Crippen LogP contribution in [0.4, 0.5) is 13.2 Å². The highest BCUT2D eigenvalue weighted by Crippen LogP contribution is 2.32. The molecule has 1 amide bonds. The van der Waals surface area contributed by atoms with Gasteiger partial charge in [-0.3, -0.25) is 14.8 Å². The second kappa shape index (κ2) is 5.78. The first-order chi connectivity index (χ1) is 9.88. The molecule has 0 saturated carbocycles. The Bertz CT molecular complexity index is 645. The Kier molecular flexibility index (Phi) is 4.06. The quantitative estimate of drug-likeness (QED) is 0.938. The molecular weight excluding hydrogens is 287 g/mol. The van der Waals surface area contributed by atoms with E-state index in [1.54, 1.807) is 0 Å². The number of nitrogens with two attached hydrogens (primary N) is 1. The van der Waals surface area contributed by atoms with E-state index < -0.39 is 17.6 Å². The number of nitrogens with zero attached hydrogens (tertiary/aromatic N) is 2. The minimum Gasteiger partial charge on any atom is -0.486 e. The van der Waals surface area contributed by atoms with Crippen LogP contribution < -0.4 is 10.5 Å². The van der Waals surface area contributed by atoms with Crippen LogP contribution in [0.5, 0.6) is 5.75 Å². The molecule has 1 aromatic carbocycles. The van der Waals surface area contributed by atoms with E-state index in [4.69, 9.17) is 10.5 Å². The van der Waals surface area contributed by atoms with Gasteiger partial charge in [-0.25, -0.2) is 0 Å². The molecule has 0 fully saturated rings. The Morgan fingerprint density at radius 3 is 2.62 bits per heavy atom. The molecule has 1 aromatic heterocycles. The predicted octanol–water partition coefficient (Wildman–Crippen LogP) is 2.17. The van der Waals surface area contributed by atoms with Crippen LogP contribution in [0, 0.1) is 0 Å². The van der Waals surface area contributed by atoms with Crippen LogP contribution in [0.2, 0.25) is 0 Å². The number of carbonyl (C=O) groups is 1. The number of halogens is 3. The average molecular weight is 297 g/mol. The average Bonchev–Trinajstić information content (AvgIpc) is 2.45. The molecule has 8 heteroatoms. The fourth-order valence-electron chi connectivity index (χ4n) is 1.58. The van der Waals surface area contributed by atoms with Gasteiger partial charge in [0, 0.05) is 12.4 Å². The molecule has 0 saturated heterocycles. The first-order valence-corrected chi connectivity index (χ1v) is 5.76. The molecule has 0 aliphatic rings. The molecule has 110 valence electrons. The number of ether oxygens (including phenoxy) is 1. The van der Waals surface area contributed by atoms with Crippen LogP contribution in [-0.4, -0.2) is 15.9 Å². The van der Waals surface area contributed by atoms with Crippen molar-refractivity contribution in [2.45, 2.75) is 12.8 Å². The molecule has 0 aliphatic carbocycles. The summed E-state index contributed by atoms with van der Waals surface area (Å²) in [6.45, 7) is -0.0422. The molecule has 2 N–H and O–H groups in total. The lowest BCUT2D eigenvalue weighted by Crippen LogP contribution is -2.15. The van der Waals surface area contributed by atoms with Crippen LogP contribution in [0.25, 0.3) is 0 Å². The highest BCUT2D eigenvalue weighted by molar-refractivity contribution is 5.95. The maximum Gasteiger partial charge on any atom is 0.416 e. The number of hydrogen-bond donors (Lipinski definition) is 1. The van der Waals surface area contributed by atoms with Crippen molar-refractivity contribution in [2.24, 2.45) is 5.73 Å². The predicted molar refractivity (Wildman–Crippen MR) is 66.3 cm³/mol. The van der Waals surface area contributed by atoms with Crippen LogP contribution in [0.1, 0.15) is 21.6 Å². The van der Waals surface area contributed by atoms with E-state index in [-0.39, 0.29) is 17.9 Å². The van der Waals surface area contributed by atoms with Gasteiger partial charge in [0.2, 0.25) is 0 Å². The second-order valence-electron chi connectivity index (χ2n) is 4.06. The standard InChI is InChI=1S/C13H10F3N3O2/c14-13(15,16)8-1-2-11(10(5-8)12(17)20)21-7-9-6-18-3-4-19-9/h1-6H,7H2,(H2,17,20). The van der Waals surface area contributed by atoms with Crippen molar-refractivity contribution >= 4 is 5.91 Å². The number of hydrogen-bond acceptors (Lipinski definition) is 4. The maximum atomic E-state index is 12.6. The molecule has 0 spiro atoms. The molecule has 0 bridgehead atoms. The first-order valence-electron chi connectivity index (χ1n) is 5.76. The number of carbonyl (C=O) groups excluding carboxylic acids is 1. The van der Waals surface area contributed by atoms with E-state index in [2.05, 4.69) is 9.97 Å². The van der Waals surface area contributed by atoms with Crippen molar-refractivity contribution in [3.05, 3.63) is 53.6 Å². The van der Waals surface area contributed by atoms with E-state index >= 15 is 0 Å². The minimum atomic E-state index is -4.56. The first kappa shape index (κ1) is 14.8. The Labute approximate surface area is 117 Å². The third-order valence-corrected chi connectivity index (χ3v) is 2.56. The number of benzene rings is 1. The van der Waals surface area contributed by atoms with Crippen molar-refractivity contribution in [3.8, 4) is 5.75 Å². The summed E-state index contributed by atoms with van der Waals surface area (Å²) in [6, 6.07) is 2.53. The lowest BCUT2D eigenvalue weighted by molar-refractivity contribution is -0.137. The lowest BCUT2D eigenvalue weighted by atomic mass is 10.1. The zero-order valence-corrected chi connectivity index (χ0v) is 10.6. The van der Waals surface area contributed by atoms with Gasteiger partial charge >= 0.3 is 6.18 Å². The van der Waals surface area contributed by atoms with Crippen LogP contribution in [0.3, 0.4) is 0 Å². The fraction of sp³-hybridized carbons (Fsp3) is 0.154. The van der Waals surface area contributed by atoms with E-state index in [1.165, 1.54) is 18.6 Å². The molecule has 2 aromatic rings. The smallest absolute Gasteiger partial charge is 0.416 e. The van der Waals surface area contributed by atoms with Gasteiger partial charge in [0.25, 0.3) is 5.91 Å². The van der Waals surface area contributed by atoms with Crippen LogP contribution in [-0.2, 0) is 12.8 Å². The number of alkyl halides is 3. The number of primary amides is 1. The Balaban J connectivity index is 2.25. The van der Waals surface area contributed by atoms with Gasteiger partial charge in [-0.05, 0) is 18.2 Å². The molecule has 0 aliphatic heterocycles. The van der Waals surface area contributed by atoms with Gasteiger partial charge in [0.1, 0.15) is 12.4 Å². The Morgan fingerprint density at radius 1 is 1.29 bits per heavy atom. The maximum absolute atomic E-state index is 12.6. The molecule has 5 nitrogen and oxygen atoms in total. The highest BCUT2D eigenvalue weighted by Gasteiger charge is 2.31. The number of rotatable bonds is 4. The van der Waals surface area contributed by atoms with Gasteiger partial charge in [-0.1, -0.05) is 0 Å². The van der Waals surface area contributed by atoms with Crippen LogP contribution in [0.15, 0.2) is 36.8 Å². The summed E-state index contributed by atoms with van der Waals surface area (Å²) < 4.78 is 43.1. The highest BCUT2D eigenvalue weighted by atomic mass is 19.4. The number of amides is 1. The Hall–Kier alpha value is -2.64. The summed E-state index contributed by atoms with van der Waals surface area (Å²) in [5, 5.41) is 0. The van der Waals surface area contributed by atoms with Crippen molar-refractivity contribution in [3.63, 3.8) is 0 Å². The molecule has 0 radical (unpaired) electrons. The zero-order valence-electron chi connectivity index (χ0n) is 10.6. The second-order valence-corrected chi connectivity index (χ2v) is 4.06. The largest absolute Gasteiger partial charge is 0.486 e. The summed E-state index contributed by atoms with van der Waals surface area (Å²) >= 11 is 0. The van der Waals surface area contributed by atoms with Gasteiger partial charge < -0.3 is 10.5 Å². The summed E-state index contributed by atoms with van der Waals surface area (Å²) in [7, 11) is 0. The topological polar surface area (TPSA) is 78.1 Å².